The molecule has 48 heavy (non-hydrogen) atoms. The number of aliphatic hydroxyl groups is 9. The molecule has 1 heterocycles. The Bertz CT molecular complexity index is 1300. The Labute approximate surface area is 282 Å². The van der Waals surface area contributed by atoms with Gasteiger partial charge in [0.1, 0.15) is 30.5 Å². The van der Waals surface area contributed by atoms with Gasteiger partial charge in [-0.05, 0) is 80.5 Å². The molecule has 1 saturated heterocycles. The molecular weight excluding hydrogens is 624 g/mol. The number of hydrogen-bond donors (Lipinski definition) is 9. The van der Waals surface area contributed by atoms with Crippen molar-refractivity contribution in [1.82, 2.24) is 0 Å². The lowest BCUT2D eigenvalue weighted by Crippen LogP contribution is -2.73. The largest absolute Gasteiger partial charge is 0.432 e. The summed E-state index contributed by atoms with van der Waals surface area (Å²) in [6.07, 6.45) is -6.08. The van der Waals surface area contributed by atoms with Crippen molar-refractivity contribution in [3.63, 3.8) is 0 Å². The summed E-state index contributed by atoms with van der Waals surface area (Å²) in [5, 5.41) is 98.0. The van der Waals surface area contributed by atoms with E-state index in [1.54, 1.807) is 13.8 Å². The molecule has 6 rings (SSSR count). The van der Waals surface area contributed by atoms with Crippen LogP contribution in [0.1, 0.15) is 86.5 Å². The van der Waals surface area contributed by atoms with Gasteiger partial charge < -0.3 is 55.4 Å². The van der Waals surface area contributed by atoms with E-state index in [-0.39, 0.29) is 24.4 Å². The van der Waals surface area contributed by atoms with E-state index < -0.39 is 100 Å². The number of allylic oxidation sites excluding steroid dienone is 1. The van der Waals surface area contributed by atoms with Crippen molar-refractivity contribution in [3.8, 4) is 0 Å². The SMILES string of the molecule is C[C@@H]1CC[C@]2(C(=O)O[C@@H]3O[C@H](CO)[C@@H](O)[C@H](O)[C@H]3O)CC[C@]3(C)C(=CC[C@@H]4[C@@]5(C)[C@H](O)[C@@H](O)[C@H](O)[C@@](C)(CO)[C@@H]5CC[C@]43C)[C@@H]2[C@]1(C)O. The second kappa shape index (κ2) is 11.7. The lowest BCUT2D eigenvalue weighted by atomic mass is 9.32. The minimum Gasteiger partial charge on any atom is -0.432 e. The number of fused-ring (bicyclic) bond motifs is 7. The van der Waals surface area contributed by atoms with Crippen molar-refractivity contribution in [2.24, 2.45) is 50.7 Å². The summed E-state index contributed by atoms with van der Waals surface area (Å²) >= 11 is 0. The Balaban J connectivity index is 1.41. The summed E-state index contributed by atoms with van der Waals surface area (Å²) in [7, 11) is 0. The fourth-order valence-electron chi connectivity index (χ4n) is 12.3. The van der Waals surface area contributed by atoms with Crippen LogP contribution in [0.4, 0.5) is 0 Å². The molecule has 0 aromatic carbocycles. The molecule has 1 aliphatic heterocycles. The molecule has 6 aliphatic rings. The first-order valence-corrected chi connectivity index (χ1v) is 17.8. The van der Waals surface area contributed by atoms with Crippen LogP contribution in [0.5, 0.6) is 0 Å². The van der Waals surface area contributed by atoms with Crippen LogP contribution in [0.15, 0.2) is 11.6 Å². The molecule has 9 N–H and O–H groups in total. The van der Waals surface area contributed by atoms with Crippen LogP contribution < -0.4 is 0 Å². The van der Waals surface area contributed by atoms with Gasteiger partial charge in [0.15, 0.2) is 0 Å². The highest BCUT2D eigenvalue weighted by Gasteiger charge is 2.74. The maximum Gasteiger partial charge on any atom is 0.315 e. The van der Waals surface area contributed by atoms with Crippen LogP contribution in [0.25, 0.3) is 0 Å². The number of ether oxygens (including phenoxy) is 2. The van der Waals surface area contributed by atoms with Crippen molar-refractivity contribution in [1.29, 1.82) is 0 Å². The van der Waals surface area contributed by atoms with Crippen molar-refractivity contribution >= 4 is 5.97 Å². The van der Waals surface area contributed by atoms with Gasteiger partial charge in [-0.1, -0.05) is 46.3 Å². The molecule has 5 fully saturated rings. The van der Waals surface area contributed by atoms with Gasteiger partial charge in [-0.2, -0.15) is 0 Å². The zero-order valence-electron chi connectivity index (χ0n) is 29.1. The van der Waals surface area contributed by atoms with E-state index in [1.807, 2.05) is 13.8 Å². The van der Waals surface area contributed by atoms with E-state index in [4.69, 9.17) is 9.47 Å². The molecule has 274 valence electrons. The van der Waals surface area contributed by atoms with Crippen molar-refractivity contribution in [2.75, 3.05) is 13.2 Å². The Kier molecular flexibility index (Phi) is 8.89. The Morgan fingerprint density at radius 2 is 1.52 bits per heavy atom. The average molecular weight is 683 g/mol. The first-order chi connectivity index (χ1) is 22.2. The quantitative estimate of drug-likeness (QED) is 0.145. The summed E-state index contributed by atoms with van der Waals surface area (Å²) in [6, 6.07) is 0. The van der Waals surface area contributed by atoms with Gasteiger partial charge in [-0.15, -0.1) is 0 Å². The van der Waals surface area contributed by atoms with E-state index in [1.165, 1.54) is 0 Å². The molecule has 0 radical (unpaired) electrons. The molecule has 0 bridgehead atoms. The zero-order valence-corrected chi connectivity index (χ0v) is 29.1. The van der Waals surface area contributed by atoms with Crippen LogP contribution in [0, 0.1) is 50.7 Å². The molecule has 5 aliphatic carbocycles. The van der Waals surface area contributed by atoms with Gasteiger partial charge in [0.05, 0.1) is 36.4 Å². The maximum atomic E-state index is 14.5. The molecule has 18 atom stereocenters. The monoisotopic (exact) mass is 682 g/mol. The summed E-state index contributed by atoms with van der Waals surface area (Å²) < 4.78 is 11.4. The highest BCUT2D eigenvalue weighted by molar-refractivity contribution is 5.79. The average Bonchev–Trinajstić information content (AvgIpc) is 3.05. The minimum atomic E-state index is -1.75. The predicted molar refractivity (Wildman–Crippen MR) is 170 cm³/mol. The van der Waals surface area contributed by atoms with Crippen molar-refractivity contribution in [3.05, 3.63) is 11.6 Å². The smallest absolute Gasteiger partial charge is 0.315 e. The van der Waals surface area contributed by atoms with E-state index in [2.05, 4.69) is 19.9 Å². The number of aliphatic hydroxyl groups excluding tert-OH is 8. The molecule has 0 aromatic rings. The number of carbonyl (C=O) groups excluding carboxylic acids is 1. The van der Waals surface area contributed by atoms with E-state index >= 15 is 0 Å². The highest BCUT2D eigenvalue weighted by atomic mass is 16.7. The van der Waals surface area contributed by atoms with Gasteiger partial charge in [0, 0.05) is 16.7 Å². The van der Waals surface area contributed by atoms with Gasteiger partial charge in [0.25, 0.3) is 0 Å². The predicted octanol–water partition coefficient (Wildman–Crippen LogP) is 0.377. The summed E-state index contributed by atoms with van der Waals surface area (Å²) in [4.78, 5) is 14.5. The van der Waals surface area contributed by atoms with E-state index in [0.717, 1.165) is 5.57 Å². The van der Waals surface area contributed by atoms with Gasteiger partial charge >= 0.3 is 5.97 Å². The van der Waals surface area contributed by atoms with Gasteiger partial charge in [-0.3, -0.25) is 4.79 Å². The molecule has 12 heteroatoms. The van der Waals surface area contributed by atoms with Crippen molar-refractivity contribution < 1.29 is 60.2 Å². The van der Waals surface area contributed by atoms with Gasteiger partial charge in [0.2, 0.25) is 6.29 Å². The highest BCUT2D eigenvalue weighted by Crippen LogP contribution is 2.76. The third-order valence-corrected chi connectivity index (χ3v) is 15.8. The summed E-state index contributed by atoms with van der Waals surface area (Å²) in [6.45, 7) is 10.9. The van der Waals surface area contributed by atoms with Crippen LogP contribution >= 0.6 is 0 Å². The maximum absolute atomic E-state index is 14.5. The Hall–Kier alpha value is -1.19. The zero-order chi connectivity index (χ0) is 35.6. The fraction of sp³-hybridized carbons (Fsp3) is 0.917. The molecule has 0 spiro atoms. The number of rotatable bonds is 4. The van der Waals surface area contributed by atoms with Crippen LogP contribution in [0.2, 0.25) is 0 Å². The van der Waals surface area contributed by atoms with E-state index in [0.29, 0.717) is 44.9 Å². The summed E-state index contributed by atoms with van der Waals surface area (Å²) in [5.74, 6) is -1.93. The molecule has 0 unspecified atom stereocenters. The fourth-order valence-corrected chi connectivity index (χ4v) is 12.3. The van der Waals surface area contributed by atoms with Crippen molar-refractivity contribution in [2.45, 2.75) is 141 Å². The number of carbonyl (C=O) groups is 1. The Morgan fingerprint density at radius 1 is 0.854 bits per heavy atom. The number of hydrogen-bond acceptors (Lipinski definition) is 12. The summed E-state index contributed by atoms with van der Waals surface area (Å²) in [5.41, 5.74) is -4.43. The molecule has 4 saturated carbocycles. The van der Waals surface area contributed by atoms with E-state index in [9.17, 15) is 50.8 Å². The van der Waals surface area contributed by atoms with Gasteiger partial charge in [-0.25, -0.2) is 0 Å². The normalized spacial score (nSPS) is 58.1. The van der Waals surface area contributed by atoms with Crippen LogP contribution in [-0.2, 0) is 14.3 Å². The number of esters is 1. The van der Waals surface area contributed by atoms with Crippen LogP contribution in [-0.4, -0.2) is 120 Å². The molecule has 0 amide bonds. The van der Waals surface area contributed by atoms with Crippen LogP contribution in [0.3, 0.4) is 0 Å². The first kappa shape index (κ1) is 36.6. The lowest BCUT2D eigenvalue weighted by molar-refractivity contribution is -0.300. The minimum absolute atomic E-state index is 0.153. The third-order valence-electron chi connectivity index (χ3n) is 15.8. The lowest BCUT2D eigenvalue weighted by Gasteiger charge is -2.72. The second-order valence-corrected chi connectivity index (χ2v) is 17.6. The topological polar surface area (TPSA) is 218 Å². The molecule has 0 aromatic heterocycles. The third kappa shape index (κ3) is 4.46. The second-order valence-electron chi connectivity index (χ2n) is 17.6. The Morgan fingerprint density at radius 3 is 2.15 bits per heavy atom. The standard InChI is InChI=1S/C36H58O12/c1-17-9-12-36(30(45)48-29-24(41)23(40)22(39)19(15-37)47-29)14-13-32(3)18(26(36)35(17,6)46)7-8-21-33(32,4)11-10-20-31(2,16-38)27(43)25(42)28(44)34(20,21)5/h7,17,19-29,37-44,46H,8-16H2,1-6H3/t17-,19-,20+,21+,22-,23+,24-,25+,26-,27+,28-,29+,31+,32-,33-,34+,35-,36+/m1/s1. The molecular formula is C36H58O12. The molecule has 12 nitrogen and oxygen atoms in total. The first-order valence-electron chi connectivity index (χ1n) is 17.8.